The van der Waals surface area contributed by atoms with Crippen LogP contribution in [0.3, 0.4) is 0 Å². The molecular formula is C21H16FN3O. The molecule has 0 bridgehead atoms. The number of aliphatic hydroxyl groups excluding tert-OH is 1. The highest BCUT2D eigenvalue weighted by Gasteiger charge is 2.12. The summed E-state index contributed by atoms with van der Waals surface area (Å²) in [6.45, 7) is -0.126. The fourth-order valence-electron chi connectivity index (χ4n) is 2.91. The lowest BCUT2D eigenvalue weighted by Crippen LogP contribution is -1.99. The van der Waals surface area contributed by atoms with Gasteiger partial charge in [0.2, 0.25) is 0 Å². The number of halogens is 1. The minimum atomic E-state index is -0.318. The molecule has 2 aromatic heterocycles. The third-order valence-electron chi connectivity index (χ3n) is 4.21. The molecule has 0 amide bonds. The average Bonchev–Trinajstić information content (AvgIpc) is 2.68. The minimum Gasteiger partial charge on any atom is -0.392 e. The van der Waals surface area contributed by atoms with Gasteiger partial charge in [0.15, 0.2) is 0 Å². The van der Waals surface area contributed by atoms with Crippen LogP contribution in [-0.4, -0.2) is 15.1 Å². The highest BCUT2D eigenvalue weighted by atomic mass is 19.1. The minimum absolute atomic E-state index is 0.126. The summed E-state index contributed by atoms with van der Waals surface area (Å²) in [5.74, 6) is -0.318. The lowest BCUT2D eigenvalue weighted by atomic mass is 10.1. The Morgan fingerprint density at radius 3 is 2.62 bits per heavy atom. The number of nitrogens with one attached hydrogen (secondary N) is 1. The van der Waals surface area contributed by atoms with Crippen molar-refractivity contribution in [3.8, 4) is 11.3 Å². The van der Waals surface area contributed by atoms with Crippen LogP contribution in [0.15, 0.2) is 73.1 Å². The van der Waals surface area contributed by atoms with Crippen LogP contribution in [0.5, 0.6) is 0 Å². The van der Waals surface area contributed by atoms with Crippen LogP contribution in [0.25, 0.3) is 22.2 Å². The Morgan fingerprint density at radius 2 is 1.77 bits per heavy atom. The Hall–Kier alpha value is -3.31. The van der Waals surface area contributed by atoms with Crippen molar-refractivity contribution in [2.45, 2.75) is 6.61 Å². The summed E-state index contributed by atoms with van der Waals surface area (Å²) in [5, 5.41) is 13.8. The molecular weight excluding hydrogens is 329 g/mol. The van der Waals surface area contributed by atoms with Crippen molar-refractivity contribution in [2.75, 3.05) is 5.32 Å². The first-order valence-corrected chi connectivity index (χ1v) is 8.22. The molecule has 0 fully saturated rings. The summed E-state index contributed by atoms with van der Waals surface area (Å²) >= 11 is 0. The highest BCUT2D eigenvalue weighted by molar-refractivity contribution is 5.95. The molecule has 0 atom stereocenters. The third kappa shape index (κ3) is 3.00. The number of pyridine rings is 2. The van der Waals surface area contributed by atoms with E-state index in [2.05, 4.69) is 15.3 Å². The highest BCUT2D eigenvalue weighted by Crippen LogP contribution is 2.32. The van der Waals surface area contributed by atoms with Crippen molar-refractivity contribution in [2.24, 2.45) is 0 Å². The van der Waals surface area contributed by atoms with E-state index in [9.17, 15) is 9.50 Å². The molecule has 0 aliphatic rings. The molecule has 2 N–H and O–H groups in total. The van der Waals surface area contributed by atoms with Crippen molar-refractivity contribution in [3.63, 3.8) is 0 Å². The van der Waals surface area contributed by atoms with Crippen LogP contribution in [0.1, 0.15) is 5.56 Å². The smallest absolute Gasteiger partial charge is 0.132 e. The van der Waals surface area contributed by atoms with E-state index < -0.39 is 0 Å². The largest absolute Gasteiger partial charge is 0.392 e. The van der Waals surface area contributed by atoms with Crippen LogP contribution < -0.4 is 5.32 Å². The van der Waals surface area contributed by atoms with E-state index in [0.717, 1.165) is 22.3 Å². The van der Waals surface area contributed by atoms with Crippen LogP contribution in [0.2, 0.25) is 0 Å². The molecule has 5 heteroatoms. The van der Waals surface area contributed by atoms with E-state index in [4.69, 9.17) is 0 Å². The maximum Gasteiger partial charge on any atom is 0.132 e. The van der Waals surface area contributed by atoms with E-state index in [1.165, 1.54) is 6.07 Å². The molecule has 0 saturated heterocycles. The second-order valence-electron chi connectivity index (χ2n) is 5.87. The number of hydrogen-bond donors (Lipinski definition) is 2. The lowest BCUT2D eigenvalue weighted by molar-refractivity contribution is 0.282. The average molecular weight is 345 g/mol. The standard InChI is InChI=1S/C21H16FN3O/c22-17-7-3-1-5-15(17)20-11-21(16-6-2-4-8-19(16)25-20)24-18-9-10-23-12-14(18)13-26/h1-12,26H,13H2,(H,23,24,25). The van der Waals surface area contributed by atoms with Crippen molar-refractivity contribution in [3.05, 3.63) is 84.4 Å². The zero-order valence-electron chi connectivity index (χ0n) is 13.9. The Morgan fingerprint density at radius 1 is 0.962 bits per heavy atom. The van der Waals surface area contributed by atoms with Gasteiger partial charge in [0.1, 0.15) is 5.82 Å². The molecule has 4 nitrogen and oxygen atoms in total. The van der Waals surface area contributed by atoms with Crippen molar-refractivity contribution in [1.29, 1.82) is 0 Å². The van der Waals surface area contributed by atoms with E-state index in [0.29, 0.717) is 16.8 Å². The zero-order valence-corrected chi connectivity index (χ0v) is 13.9. The number of fused-ring (bicyclic) bond motifs is 1. The van der Waals surface area contributed by atoms with Gasteiger partial charge >= 0.3 is 0 Å². The maximum absolute atomic E-state index is 14.3. The zero-order chi connectivity index (χ0) is 17.9. The van der Waals surface area contributed by atoms with Gasteiger partial charge in [-0.15, -0.1) is 0 Å². The van der Waals surface area contributed by atoms with Crippen LogP contribution >= 0.6 is 0 Å². The van der Waals surface area contributed by atoms with Crippen molar-refractivity contribution >= 4 is 22.3 Å². The van der Waals surface area contributed by atoms with E-state index in [1.54, 1.807) is 36.7 Å². The molecule has 0 radical (unpaired) electrons. The predicted octanol–water partition coefficient (Wildman–Crippen LogP) is 4.67. The second-order valence-corrected chi connectivity index (χ2v) is 5.87. The SMILES string of the molecule is OCc1cnccc1Nc1cc(-c2ccccc2F)nc2ccccc12. The fourth-order valence-corrected chi connectivity index (χ4v) is 2.91. The summed E-state index contributed by atoms with van der Waals surface area (Å²) < 4.78 is 14.3. The van der Waals surface area contributed by atoms with Gasteiger partial charge in [0, 0.05) is 34.6 Å². The van der Waals surface area contributed by atoms with Crippen LogP contribution in [0, 0.1) is 5.82 Å². The van der Waals surface area contributed by atoms with Crippen molar-refractivity contribution < 1.29 is 9.50 Å². The molecule has 0 saturated carbocycles. The number of hydrogen-bond acceptors (Lipinski definition) is 4. The molecule has 2 aromatic carbocycles. The molecule has 4 rings (SSSR count). The van der Waals surface area contributed by atoms with Gasteiger partial charge in [-0.1, -0.05) is 30.3 Å². The molecule has 2 heterocycles. The van der Waals surface area contributed by atoms with E-state index in [1.807, 2.05) is 30.3 Å². The number of anilines is 2. The van der Waals surface area contributed by atoms with Gasteiger partial charge < -0.3 is 10.4 Å². The Kier molecular flexibility index (Phi) is 4.29. The van der Waals surface area contributed by atoms with Crippen LogP contribution in [-0.2, 0) is 6.61 Å². The first-order chi connectivity index (χ1) is 12.8. The monoisotopic (exact) mass is 345 g/mol. The topological polar surface area (TPSA) is 58.0 Å². The number of nitrogens with zero attached hydrogens (tertiary/aromatic N) is 2. The molecule has 4 aromatic rings. The molecule has 26 heavy (non-hydrogen) atoms. The number of aromatic nitrogens is 2. The Balaban J connectivity index is 1.89. The van der Waals surface area contributed by atoms with Crippen LogP contribution in [0.4, 0.5) is 15.8 Å². The lowest BCUT2D eigenvalue weighted by Gasteiger charge is -2.14. The number of rotatable bonds is 4. The van der Waals surface area contributed by atoms with Gasteiger partial charge in [-0.05, 0) is 30.3 Å². The number of aliphatic hydroxyl groups is 1. The predicted molar refractivity (Wildman–Crippen MR) is 101 cm³/mol. The fraction of sp³-hybridized carbons (Fsp3) is 0.0476. The summed E-state index contributed by atoms with van der Waals surface area (Å²) in [4.78, 5) is 8.64. The van der Waals surface area contributed by atoms with Gasteiger partial charge in [-0.3, -0.25) is 4.98 Å². The quantitative estimate of drug-likeness (QED) is 0.564. The summed E-state index contributed by atoms with van der Waals surface area (Å²) in [5.41, 5.74) is 3.96. The normalized spacial score (nSPS) is 10.8. The summed E-state index contributed by atoms with van der Waals surface area (Å²) in [6.07, 6.45) is 3.27. The molecule has 0 aliphatic carbocycles. The van der Waals surface area contributed by atoms with Gasteiger partial charge in [-0.25, -0.2) is 9.37 Å². The van der Waals surface area contributed by atoms with Gasteiger partial charge in [-0.2, -0.15) is 0 Å². The summed E-state index contributed by atoms with van der Waals surface area (Å²) in [7, 11) is 0. The first-order valence-electron chi connectivity index (χ1n) is 8.22. The number of para-hydroxylation sites is 1. The van der Waals surface area contributed by atoms with E-state index in [-0.39, 0.29) is 12.4 Å². The Bertz CT molecular complexity index is 1080. The third-order valence-corrected chi connectivity index (χ3v) is 4.21. The molecule has 0 spiro atoms. The summed E-state index contributed by atoms with van der Waals surface area (Å²) in [6, 6.07) is 17.9. The second kappa shape index (κ2) is 6.90. The maximum atomic E-state index is 14.3. The number of benzene rings is 2. The first kappa shape index (κ1) is 16.2. The molecule has 0 aliphatic heterocycles. The molecule has 0 unspecified atom stereocenters. The van der Waals surface area contributed by atoms with Gasteiger partial charge in [0.05, 0.1) is 23.5 Å². The van der Waals surface area contributed by atoms with E-state index >= 15 is 0 Å². The van der Waals surface area contributed by atoms with Crippen molar-refractivity contribution in [1.82, 2.24) is 9.97 Å². The Labute approximate surface area is 150 Å². The molecule has 128 valence electrons. The van der Waals surface area contributed by atoms with Gasteiger partial charge in [0.25, 0.3) is 0 Å².